The highest BCUT2D eigenvalue weighted by Gasteiger charge is 2.26. The zero-order valence-electron chi connectivity index (χ0n) is 14.6. The molecule has 8 heteroatoms. The van der Waals surface area contributed by atoms with E-state index in [0.717, 1.165) is 10.1 Å². The Kier molecular flexibility index (Phi) is 5.79. The maximum atomic E-state index is 12.7. The second kappa shape index (κ2) is 8.08. The van der Waals surface area contributed by atoms with Crippen molar-refractivity contribution in [3.05, 3.63) is 65.0 Å². The van der Waals surface area contributed by atoms with Gasteiger partial charge >= 0.3 is 0 Å². The van der Waals surface area contributed by atoms with Crippen LogP contribution in [0.4, 0.5) is 0 Å². The number of sulfone groups is 1. The number of hydrogen-bond acceptors (Lipinski definition) is 6. The predicted molar refractivity (Wildman–Crippen MR) is 105 cm³/mol. The average molecular weight is 405 g/mol. The Balaban J connectivity index is 1.83. The Morgan fingerprint density at radius 3 is 2.59 bits per heavy atom. The number of rotatable bonds is 8. The summed E-state index contributed by atoms with van der Waals surface area (Å²) >= 11 is 1.59. The van der Waals surface area contributed by atoms with Crippen LogP contribution in [0.2, 0.25) is 0 Å². The first-order valence-electron chi connectivity index (χ1n) is 8.15. The molecule has 0 aliphatic carbocycles. The van der Waals surface area contributed by atoms with Gasteiger partial charge in [-0.05, 0) is 52.2 Å². The van der Waals surface area contributed by atoms with Gasteiger partial charge in [0.05, 0.1) is 24.7 Å². The van der Waals surface area contributed by atoms with Crippen LogP contribution < -0.4 is 4.74 Å². The van der Waals surface area contributed by atoms with Crippen molar-refractivity contribution in [1.29, 1.82) is 0 Å². The summed E-state index contributed by atoms with van der Waals surface area (Å²) in [5.41, 5.74) is 1.17. The molecule has 3 rings (SSSR count). The van der Waals surface area contributed by atoms with Crippen LogP contribution in [0.1, 0.15) is 17.2 Å². The van der Waals surface area contributed by atoms with Gasteiger partial charge in [0.1, 0.15) is 5.75 Å². The van der Waals surface area contributed by atoms with Gasteiger partial charge in [-0.15, -0.1) is 11.3 Å². The molecule has 0 saturated heterocycles. The summed E-state index contributed by atoms with van der Waals surface area (Å²) in [5, 5.41) is 13.3. The molecule has 0 aliphatic heterocycles. The summed E-state index contributed by atoms with van der Waals surface area (Å²) in [7, 11) is -2.07. The molecule has 1 heterocycles. The van der Waals surface area contributed by atoms with Gasteiger partial charge in [0.2, 0.25) is 6.41 Å². The van der Waals surface area contributed by atoms with Gasteiger partial charge < -0.3 is 4.74 Å². The Hall–Kier alpha value is -2.42. The summed E-state index contributed by atoms with van der Waals surface area (Å²) in [6.07, 6.45) is 0.210. The standard InChI is InChI=1S/C19H19NO5S2/c1-25-17-5-3-15(4-6-17)18(20(22)13-21)12-27(23,24)11-14-2-7-19-16(10-14)8-9-26-19/h2-10,13,18,22H,11-12H2,1H3/t18-/m1/s1. The third-order valence-electron chi connectivity index (χ3n) is 4.24. The molecule has 2 aromatic carbocycles. The second-order valence-electron chi connectivity index (χ2n) is 6.12. The van der Waals surface area contributed by atoms with Crippen LogP contribution in [0.3, 0.4) is 0 Å². The molecule has 142 valence electrons. The molecule has 1 aromatic heterocycles. The maximum absolute atomic E-state index is 12.7. The fourth-order valence-corrected chi connectivity index (χ4v) is 5.29. The number of ether oxygens (including phenoxy) is 1. The first-order valence-corrected chi connectivity index (χ1v) is 10.8. The topological polar surface area (TPSA) is 83.9 Å². The smallest absolute Gasteiger partial charge is 0.233 e. The van der Waals surface area contributed by atoms with E-state index in [0.29, 0.717) is 21.9 Å². The van der Waals surface area contributed by atoms with Gasteiger partial charge in [0.15, 0.2) is 9.84 Å². The van der Waals surface area contributed by atoms with Crippen LogP contribution in [0.5, 0.6) is 5.75 Å². The average Bonchev–Trinajstić information content (AvgIpc) is 3.13. The Morgan fingerprint density at radius 2 is 1.93 bits per heavy atom. The minimum atomic E-state index is -3.59. The van der Waals surface area contributed by atoms with E-state index in [4.69, 9.17) is 4.74 Å². The molecule has 1 atom stereocenters. The third kappa shape index (κ3) is 4.65. The third-order valence-corrected chi connectivity index (χ3v) is 6.74. The molecule has 0 aliphatic rings. The van der Waals surface area contributed by atoms with Crippen molar-refractivity contribution in [2.45, 2.75) is 11.8 Å². The number of thiophene rings is 1. The van der Waals surface area contributed by atoms with E-state index < -0.39 is 21.6 Å². The SMILES string of the molecule is COc1ccc([C@@H](CS(=O)(=O)Cc2ccc3sccc3c2)N(O)C=O)cc1. The second-order valence-corrected chi connectivity index (χ2v) is 9.18. The molecule has 1 N–H and O–H groups in total. The molecule has 27 heavy (non-hydrogen) atoms. The summed E-state index contributed by atoms with van der Waals surface area (Å²) in [4.78, 5) is 11.1. The number of hydrogen-bond donors (Lipinski definition) is 1. The summed E-state index contributed by atoms with van der Waals surface area (Å²) in [5.74, 6) is 0.0361. The summed E-state index contributed by atoms with van der Waals surface area (Å²) < 4.78 is 31.6. The highest BCUT2D eigenvalue weighted by atomic mass is 32.2. The predicted octanol–water partition coefficient (Wildman–Crippen LogP) is 3.41. The van der Waals surface area contributed by atoms with Crippen LogP contribution in [-0.2, 0) is 20.4 Å². The fourth-order valence-electron chi connectivity index (χ4n) is 2.88. The van der Waals surface area contributed by atoms with Gasteiger partial charge in [-0.3, -0.25) is 10.0 Å². The Morgan fingerprint density at radius 1 is 1.19 bits per heavy atom. The molecule has 0 bridgehead atoms. The van der Waals surface area contributed by atoms with Crippen LogP contribution in [0.15, 0.2) is 53.9 Å². The lowest BCUT2D eigenvalue weighted by Crippen LogP contribution is -2.30. The van der Waals surface area contributed by atoms with Crippen molar-refractivity contribution in [3.8, 4) is 5.75 Å². The molecule has 0 radical (unpaired) electrons. The quantitative estimate of drug-likeness (QED) is 0.353. The molecular weight excluding hydrogens is 386 g/mol. The lowest BCUT2D eigenvalue weighted by Gasteiger charge is -2.23. The maximum Gasteiger partial charge on any atom is 0.233 e. The monoisotopic (exact) mass is 405 g/mol. The number of hydroxylamine groups is 2. The minimum Gasteiger partial charge on any atom is -0.497 e. The Bertz CT molecular complexity index is 1030. The van der Waals surface area contributed by atoms with E-state index in [-0.39, 0.29) is 12.2 Å². The van der Waals surface area contributed by atoms with Crippen molar-refractivity contribution in [2.75, 3.05) is 12.9 Å². The van der Waals surface area contributed by atoms with E-state index in [9.17, 15) is 18.4 Å². The molecule has 0 spiro atoms. The molecular formula is C19H19NO5S2. The lowest BCUT2D eigenvalue weighted by molar-refractivity contribution is -0.158. The molecule has 0 fully saturated rings. The zero-order chi connectivity index (χ0) is 19.4. The van der Waals surface area contributed by atoms with Crippen molar-refractivity contribution >= 4 is 37.7 Å². The molecule has 1 amide bonds. The van der Waals surface area contributed by atoms with Crippen LogP contribution in [-0.4, -0.2) is 38.0 Å². The number of nitrogens with zero attached hydrogens (tertiary/aromatic N) is 1. The first-order chi connectivity index (χ1) is 12.9. The van der Waals surface area contributed by atoms with Crippen molar-refractivity contribution in [2.24, 2.45) is 0 Å². The number of benzene rings is 2. The minimum absolute atomic E-state index is 0.169. The van der Waals surface area contributed by atoms with Crippen molar-refractivity contribution < 1.29 is 23.2 Å². The van der Waals surface area contributed by atoms with E-state index >= 15 is 0 Å². The summed E-state index contributed by atoms with van der Waals surface area (Å²) in [6, 6.07) is 13.0. The number of carbonyl (C=O) groups excluding carboxylic acids is 1. The van der Waals surface area contributed by atoms with E-state index in [1.165, 1.54) is 7.11 Å². The molecule has 6 nitrogen and oxygen atoms in total. The van der Waals surface area contributed by atoms with Crippen molar-refractivity contribution in [1.82, 2.24) is 5.06 Å². The number of amides is 1. The lowest BCUT2D eigenvalue weighted by atomic mass is 10.1. The van der Waals surface area contributed by atoms with Gasteiger partial charge in [0.25, 0.3) is 0 Å². The zero-order valence-corrected chi connectivity index (χ0v) is 16.2. The van der Waals surface area contributed by atoms with E-state index in [1.54, 1.807) is 41.7 Å². The molecule has 0 saturated carbocycles. The van der Waals surface area contributed by atoms with Gasteiger partial charge in [-0.1, -0.05) is 18.2 Å². The fraction of sp³-hybridized carbons (Fsp3) is 0.211. The van der Waals surface area contributed by atoms with Gasteiger partial charge in [-0.25, -0.2) is 13.5 Å². The molecule has 0 unspecified atom stereocenters. The first kappa shape index (κ1) is 19.3. The number of fused-ring (bicyclic) bond motifs is 1. The number of carbonyl (C=O) groups is 1. The van der Waals surface area contributed by atoms with E-state index in [1.807, 2.05) is 23.6 Å². The highest BCUT2D eigenvalue weighted by molar-refractivity contribution is 7.90. The van der Waals surface area contributed by atoms with Crippen LogP contribution >= 0.6 is 11.3 Å². The number of methoxy groups -OCH3 is 1. The normalized spacial score (nSPS) is 12.7. The van der Waals surface area contributed by atoms with Gasteiger partial charge in [0, 0.05) is 4.70 Å². The van der Waals surface area contributed by atoms with Crippen LogP contribution in [0.25, 0.3) is 10.1 Å². The highest BCUT2D eigenvalue weighted by Crippen LogP contribution is 2.26. The largest absolute Gasteiger partial charge is 0.497 e. The molecule has 3 aromatic rings. The van der Waals surface area contributed by atoms with E-state index in [2.05, 4.69) is 0 Å². The Labute approximate surface area is 161 Å². The van der Waals surface area contributed by atoms with Crippen LogP contribution in [0, 0.1) is 0 Å². The summed E-state index contributed by atoms with van der Waals surface area (Å²) in [6.45, 7) is 0. The van der Waals surface area contributed by atoms with Crippen molar-refractivity contribution in [3.63, 3.8) is 0 Å². The van der Waals surface area contributed by atoms with Gasteiger partial charge in [-0.2, -0.15) is 0 Å².